The molecule has 0 aromatic heterocycles. The number of carbonyl (C=O) groups is 1. The van der Waals surface area contributed by atoms with Crippen molar-refractivity contribution < 1.29 is 28.1 Å². The highest BCUT2D eigenvalue weighted by Crippen LogP contribution is 2.38. The van der Waals surface area contributed by atoms with Crippen LogP contribution < -0.4 is 18.9 Å². The van der Waals surface area contributed by atoms with Crippen molar-refractivity contribution in [1.82, 2.24) is 0 Å². The standard InChI is InChI=1S/C19H19FO5/c1-22-13-6-7-14(15(20)11-13)16(21)8-5-12-9-17(23-2)19(25-4)18(10-12)24-3/h5-11H,1-4H3/b8-5+. The second kappa shape index (κ2) is 8.19. The van der Waals surface area contributed by atoms with E-state index in [2.05, 4.69) is 0 Å². The lowest BCUT2D eigenvalue weighted by molar-refractivity contribution is 0.104. The molecule has 2 rings (SSSR count). The molecule has 0 N–H and O–H groups in total. The van der Waals surface area contributed by atoms with Crippen LogP contribution in [0.25, 0.3) is 6.08 Å². The van der Waals surface area contributed by atoms with Gasteiger partial charge in [0.1, 0.15) is 11.6 Å². The first-order valence-electron chi connectivity index (χ1n) is 7.40. The molecule has 0 unspecified atom stereocenters. The lowest BCUT2D eigenvalue weighted by atomic mass is 10.1. The fraction of sp³-hybridized carbons (Fsp3) is 0.211. The summed E-state index contributed by atoms with van der Waals surface area (Å²) in [6, 6.07) is 7.46. The molecule has 0 aliphatic carbocycles. The van der Waals surface area contributed by atoms with Crippen molar-refractivity contribution in [3.05, 3.63) is 53.4 Å². The van der Waals surface area contributed by atoms with Crippen LogP contribution in [0, 0.1) is 5.82 Å². The molecule has 6 heteroatoms. The van der Waals surface area contributed by atoms with E-state index in [-0.39, 0.29) is 5.56 Å². The smallest absolute Gasteiger partial charge is 0.203 e. The van der Waals surface area contributed by atoms with Crippen molar-refractivity contribution in [1.29, 1.82) is 0 Å². The van der Waals surface area contributed by atoms with Crippen LogP contribution >= 0.6 is 0 Å². The number of allylic oxidation sites excluding steroid dienone is 1. The number of ether oxygens (including phenoxy) is 4. The van der Waals surface area contributed by atoms with E-state index in [1.807, 2.05) is 0 Å². The summed E-state index contributed by atoms with van der Waals surface area (Å²) in [6.07, 6.45) is 2.84. The van der Waals surface area contributed by atoms with Gasteiger partial charge in [-0.3, -0.25) is 4.79 Å². The maximum absolute atomic E-state index is 14.0. The highest BCUT2D eigenvalue weighted by atomic mass is 19.1. The number of halogens is 1. The van der Waals surface area contributed by atoms with E-state index >= 15 is 0 Å². The van der Waals surface area contributed by atoms with Gasteiger partial charge in [-0.1, -0.05) is 6.08 Å². The number of hydrogen-bond donors (Lipinski definition) is 0. The summed E-state index contributed by atoms with van der Waals surface area (Å²) in [7, 11) is 5.94. The fourth-order valence-corrected chi connectivity index (χ4v) is 2.28. The van der Waals surface area contributed by atoms with Crippen LogP contribution in [0.2, 0.25) is 0 Å². The summed E-state index contributed by atoms with van der Waals surface area (Å²) in [4.78, 5) is 12.2. The Morgan fingerprint density at radius 1 is 0.920 bits per heavy atom. The first-order chi connectivity index (χ1) is 12.0. The molecule has 0 aliphatic heterocycles. The Kier molecular flexibility index (Phi) is 6.00. The molecule has 0 bridgehead atoms. The van der Waals surface area contributed by atoms with Gasteiger partial charge in [0.15, 0.2) is 17.3 Å². The highest BCUT2D eigenvalue weighted by Gasteiger charge is 2.13. The van der Waals surface area contributed by atoms with Crippen molar-refractivity contribution in [2.45, 2.75) is 0 Å². The van der Waals surface area contributed by atoms with Gasteiger partial charge in [-0.15, -0.1) is 0 Å². The second-order valence-electron chi connectivity index (χ2n) is 5.00. The normalized spacial score (nSPS) is 10.6. The average Bonchev–Trinajstić information content (AvgIpc) is 2.64. The molecule has 0 saturated heterocycles. The maximum atomic E-state index is 14.0. The predicted molar refractivity (Wildman–Crippen MR) is 92.4 cm³/mol. The molecule has 0 spiro atoms. The highest BCUT2D eigenvalue weighted by molar-refractivity contribution is 6.07. The van der Waals surface area contributed by atoms with E-state index in [0.29, 0.717) is 28.6 Å². The number of rotatable bonds is 7. The molecule has 0 atom stereocenters. The van der Waals surface area contributed by atoms with E-state index in [0.717, 1.165) is 0 Å². The van der Waals surface area contributed by atoms with Crippen LogP contribution in [-0.2, 0) is 0 Å². The van der Waals surface area contributed by atoms with Gasteiger partial charge in [0.2, 0.25) is 5.75 Å². The van der Waals surface area contributed by atoms with Gasteiger partial charge in [-0.2, -0.15) is 0 Å². The van der Waals surface area contributed by atoms with Crippen LogP contribution in [0.15, 0.2) is 36.4 Å². The number of ketones is 1. The minimum absolute atomic E-state index is 0.0375. The monoisotopic (exact) mass is 346 g/mol. The molecule has 0 saturated carbocycles. The van der Waals surface area contributed by atoms with Gasteiger partial charge in [-0.05, 0) is 35.9 Å². The molecule has 0 heterocycles. The Bertz CT molecular complexity index is 773. The van der Waals surface area contributed by atoms with E-state index in [4.69, 9.17) is 18.9 Å². The van der Waals surface area contributed by atoms with Crippen molar-refractivity contribution in [2.75, 3.05) is 28.4 Å². The van der Waals surface area contributed by atoms with Gasteiger partial charge in [-0.25, -0.2) is 4.39 Å². The van der Waals surface area contributed by atoms with Gasteiger partial charge in [0.05, 0.1) is 34.0 Å². The first-order valence-corrected chi connectivity index (χ1v) is 7.40. The Morgan fingerprint density at radius 3 is 2.04 bits per heavy atom. The zero-order valence-corrected chi connectivity index (χ0v) is 14.5. The lowest BCUT2D eigenvalue weighted by Gasteiger charge is -2.12. The minimum Gasteiger partial charge on any atom is -0.497 e. The summed E-state index contributed by atoms with van der Waals surface area (Å²) in [6.45, 7) is 0. The molecule has 5 nitrogen and oxygen atoms in total. The van der Waals surface area contributed by atoms with Crippen molar-refractivity contribution >= 4 is 11.9 Å². The number of benzene rings is 2. The molecular formula is C19H19FO5. The third kappa shape index (κ3) is 4.09. The topological polar surface area (TPSA) is 54.0 Å². The molecule has 2 aromatic carbocycles. The van der Waals surface area contributed by atoms with Crippen molar-refractivity contribution in [3.63, 3.8) is 0 Å². The zero-order valence-electron chi connectivity index (χ0n) is 14.5. The number of hydrogen-bond acceptors (Lipinski definition) is 5. The summed E-state index contributed by atoms with van der Waals surface area (Å²) in [5.74, 6) is 0.624. The van der Waals surface area contributed by atoms with Gasteiger partial charge in [0, 0.05) is 6.07 Å². The molecule has 25 heavy (non-hydrogen) atoms. The Labute approximate surface area is 145 Å². The zero-order chi connectivity index (χ0) is 18.4. The Hall–Kier alpha value is -3.02. The molecule has 0 amide bonds. The third-order valence-electron chi connectivity index (χ3n) is 3.56. The third-order valence-corrected chi connectivity index (χ3v) is 3.56. The Morgan fingerprint density at radius 2 is 1.56 bits per heavy atom. The quantitative estimate of drug-likeness (QED) is 0.564. The lowest BCUT2D eigenvalue weighted by Crippen LogP contribution is -1.99. The van der Waals surface area contributed by atoms with Crippen LogP contribution in [0.1, 0.15) is 15.9 Å². The average molecular weight is 346 g/mol. The summed E-state index contributed by atoms with van der Waals surface area (Å²) in [5, 5.41) is 0. The second-order valence-corrected chi connectivity index (χ2v) is 5.00. The van der Waals surface area contributed by atoms with Gasteiger partial charge in [0.25, 0.3) is 0 Å². The first kappa shape index (κ1) is 18.3. The predicted octanol–water partition coefficient (Wildman–Crippen LogP) is 3.76. The molecule has 132 valence electrons. The van der Waals surface area contributed by atoms with E-state index in [1.165, 1.54) is 52.7 Å². The van der Waals surface area contributed by atoms with Crippen molar-refractivity contribution in [2.24, 2.45) is 0 Å². The molecule has 0 radical (unpaired) electrons. The SMILES string of the molecule is COc1ccc(C(=O)/C=C/c2cc(OC)c(OC)c(OC)c2)c(F)c1. The minimum atomic E-state index is -0.640. The maximum Gasteiger partial charge on any atom is 0.203 e. The largest absolute Gasteiger partial charge is 0.497 e. The van der Waals surface area contributed by atoms with Crippen LogP contribution in [0.5, 0.6) is 23.0 Å². The van der Waals surface area contributed by atoms with Crippen LogP contribution in [0.4, 0.5) is 4.39 Å². The van der Waals surface area contributed by atoms with Gasteiger partial charge < -0.3 is 18.9 Å². The summed E-state index contributed by atoms with van der Waals surface area (Å²) < 4.78 is 34.6. The molecular weight excluding hydrogens is 327 g/mol. The fourth-order valence-electron chi connectivity index (χ4n) is 2.28. The van der Waals surface area contributed by atoms with E-state index < -0.39 is 11.6 Å². The van der Waals surface area contributed by atoms with Crippen LogP contribution in [0.3, 0.4) is 0 Å². The molecule has 0 fully saturated rings. The van der Waals surface area contributed by atoms with E-state index in [9.17, 15) is 9.18 Å². The summed E-state index contributed by atoms with van der Waals surface area (Å²) in [5.41, 5.74) is 0.612. The Balaban J connectivity index is 2.31. The van der Waals surface area contributed by atoms with Crippen LogP contribution in [-0.4, -0.2) is 34.2 Å². The molecule has 2 aromatic rings. The van der Waals surface area contributed by atoms with Crippen molar-refractivity contribution in [3.8, 4) is 23.0 Å². The molecule has 0 aliphatic rings. The number of methoxy groups -OCH3 is 4. The summed E-state index contributed by atoms with van der Waals surface area (Å²) >= 11 is 0. The number of carbonyl (C=O) groups excluding carboxylic acids is 1. The van der Waals surface area contributed by atoms with E-state index in [1.54, 1.807) is 18.2 Å². The van der Waals surface area contributed by atoms with Gasteiger partial charge >= 0.3 is 0 Å².